The van der Waals surface area contributed by atoms with Gasteiger partial charge in [-0.25, -0.2) is 4.79 Å². The Morgan fingerprint density at radius 3 is 1.85 bits per heavy atom. The number of carboxylic acid groups (broad SMARTS) is 1. The smallest absolute Gasteiger partial charge is 0.330 e. The van der Waals surface area contributed by atoms with Crippen LogP contribution in [0.1, 0.15) is 118 Å². The summed E-state index contributed by atoms with van der Waals surface area (Å²) >= 11 is 20.5. The van der Waals surface area contributed by atoms with Crippen LogP contribution in [0.4, 0.5) is 0 Å². The average molecular weight is 1630 g/mol. The van der Waals surface area contributed by atoms with E-state index in [9.17, 15) is 69.9 Å². The lowest BCUT2D eigenvalue weighted by atomic mass is 9.84. The van der Waals surface area contributed by atoms with Gasteiger partial charge in [-0.2, -0.15) is 0 Å². The highest BCUT2D eigenvalue weighted by atomic mass is 35.5. The van der Waals surface area contributed by atoms with Crippen LogP contribution in [-0.4, -0.2) is 173 Å². The van der Waals surface area contributed by atoms with Gasteiger partial charge in [0, 0.05) is 58.7 Å². The number of hydrogen-bond donors (Lipinski definition) is 18. The van der Waals surface area contributed by atoms with E-state index in [4.69, 9.17) is 74.7 Å². The van der Waals surface area contributed by atoms with Gasteiger partial charge < -0.3 is 123 Å². The molecule has 0 spiro atoms. The second kappa shape index (κ2) is 34.3. The molecular weight excluding hydrogens is 1550 g/mol. The number of aliphatic hydroxyl groups excluding tert-OH is 5. The number of carbonyl (C=O) groups excluding carboxylic acids is 7. The van der Waals surface area contributed by atoms with E-state index in [1.807, 2.05) is 50.2 Å². The van der Waals surface area contributed by atoms with Crippen molar-refractivity contribution in [3.05, 3.63) is 176 Å². The number of aliphatic carboxylic acids is 1. The molecule has 7 heterocycles. The number of benzene rings is 7. The maximum absolute atomic E-state index is 16.2. The minimum atomic E-state index is -2.34. The van der Waals surface area contributed by atoms with Gasteiger partial charge in [-0.1, -0.05) is 110 Å². The number of ether oxygens (including phenoxy) is 6. The SMILES string of the molecule is CC(C)C[C@H](C)C(=O)N[C@H]1C(=O)N[C@@H](CC(N)=O)C(=O)N[C@H]2C(=O)NC3C(=O)N[C@H](C(=O)N[C@@H](C(=O)O)c4cc(O)cc(O)c4-c4cc3ccc4O)[C@H](O)c3ccc(c(Cl)c3)Oc3cc2cc(c3OC2OC(CN)C(O)C(O)C2OC2CC(C)(NCc3ccc(-c4ccc(Cl)cc4)cc3)C(O)C(C)O2)Oc2ccc(cc2Cl)[C@H]1O. The number of fused-ring (bicyclic) bond motifs is 15. The van der Waals surface area contributed by atoms with Gasteiger partial charge in [-0.3, -0.25) is 33.6 Å². The summed E-state index contributed by atoms with van der Waals surface area (Å²) in [5.74, 6) is -16.4. The Labute approximate surface area is 666 Å². The third-order valence-electron chi connectivity index (χ3n) is 20.5. The van der Waals surface area contributed by atoms with E-state index in [1.165, 1.54) is 18.2 Å². The molecule has 10 unspecified atom stereocenters. The van der Waals surface area contributed by atoms with Crippen LogP contribution in [-0.2, 0) is 59.1 Å². The fourth-order valence-corrected chi connectivity index (χ4v) is 15.1. The summed E-state index contributed by atoms with van der Waals surface area (Å²) in [6.45, 7) is 8.32. The minimum absolute atomic E-state index is 0.0435. The van der Waals surface area contributed by atoms with Crippen LogP contribution in [0, 0.1) is 11.8 Å². The van der Waals surface area contributed by atoms with Gasteiger partial charge in [0.05, 0.1) is 28.7 Å². The third kappa shape index (κ3) is 17.9. The zero-order valence-electron chi connectivity index (χ0n) is 61.6. The average Bonchev–Trinajstić information content (AvgIpc) is 0.770. The third-order valence-corrected chi connectivity index (χ3v) is 21.4. The number of nitrogens with one attached hydrogen (secondary N) is 7. The first-order valence-electron chi connectivity index (χ1n) is 36.3. The number of phenolic OH excluding ortho intramolecular Hbond substituents is 3. The highest BCUT2D eigenvalue weighted by Crippen LogP contribution is 2.50. The second-order valence-corrected chi connectivity index (χ2v) is 30.5. The van der Waals surface area contributed by atoms with Gasteiger partial charge in [0.2, 0.25) is 53.4 Å². The van der Waals surface area contributed by atoms with Crippen LogP contribution in [0.15, 0.2) is 127 Å². The Hall–Kier alpha value is -10.4. The van der Waals surface area contributed by atoms with Crippen LogP contribution in [0.2, 0.25) is 15.1 Å². The van der Waals surface area contributed by atoms with Crippen molar-refractivity contribution in [3.63, 3.8) is 0 Å². The summed E-state index contributed by atoms with van der Waals surface area (Å²) in [4.78, 5) is 118. The Kier molecular flexibility index (Phi) is 25.0. The molecule has 35 heteroatoms. The first-order chi connectivity index (χ1) is 54.1. The van der Waals surface area contributed by atoms with Crippen molar-refractivity contribution in [2.75, 3.05) is 6.54 Å². The van der Waals surface area contributed by atoms with Crippen LogP contribution in [0.3, 0.4) is 0 Å². The van der Waals surface area contributed by atoms with Crippen molar-refractivity contribution in [1.82, 2.24) is 37.2 Å². The molecule has 7 aliphatic rings. The van der Waals surface area contributed by atoms with E-state index in [-0.39, 0.29) is 52.1 Å². The van der Waals surface area contributed by atoms with E-state index >= 15 is 14.4 Å². The van der Waals surface area contributed by atoms with Gasteiger partial charge in [0.25, 0.3) is 0 Å². The molecule has 32 nitrogen and oxygen atoms in total. The summed E-state index contributed by atoms with van der Waals surface area (Å²) in [5.41, 5.74) is 10.7. The van der Waals surface area contributed by atoms with Crippen molar-refractivity contribution < 1.29 is 113 Å². The molecular formula is C79H84Cl3N9O23. The number of phenols is 3. The summed E-state index contributed by atoms with van der Waals surface area (Å²) < 4.78 is 39.7. The molecule has 0 aliphatic carbocycles. The Morgan fingerprint density at radius 2 is 1.25 bits per heavy atom. The lowest BCUT2D eigenvalue weighted by Crippen LogP contribution is -2.65. The standard InChI is InChI=1S/C79H84Cl3N9O23/c1-32(2)20-33(3)71(101)90-62-64(96)39-13-18-51(46(81)22-39)110-53-24-41-25-54(68(53)114-78-69(67(99)66(98)55(30-83)112-78)113-57-29-79(5,70(100)34(4)109-57)85-31-35-6-8-36(9-7-35)37-10-15-42(80)16-11-37)111-52-19-14-40(23-47(52)82)65(97)63-76(106)89-61(77(107)108)45-26-43(92)27-50(94)58(45)44-21-38(12-17-49(44)93)59(73(103)91-63)88-74(104)60(41)87-72(102)48(28-56(84)95)86-75(62)105/h6-19,21-27,32-34,48,55,57,59-67,69-70,78,85,92-94,96-100H,20,28-31,83H2,1-5H3,(H2,84,95)(H,86,105)(H,87,102)(H,88,104)(H,89,106)(H,90,101)(H,91,103)(H,107,108)/t33-,34?,48-,55?,57?,59?,60+,61+,62+,63-,64+,65+,66?,67?,69?,70?,78?,79?/m0/s1. The molecule has 14 rings (SSSR count). The van der Waals surface area contributed by atoms with Crippen molar-refractivity contribution in [2.45, 2.75) is 164 Å². The van der Waals surface area contributed by atoms with Gasteiger partial charge in [-0.15, -0.1) is 0 Å². The molecule has 20 N–H and O–H groups in total. The number of primary amides is 1. The lowest BCUT2D eigenvalue weighted by Gasteiger charge is -2.48. The molecule has 7 aromatic carbocycles. The number of aromatic hydroxyl groups is 3. The van der Waals surface area contributed by atoms with Crippen molar-refractivity contribution >= 4 is 82.1 Å². The van der Waals surface area contributed by atoms with Crippen molar-refractivity contribution in [3.8, 4) is 68.2 Å². The van der Waals surface area contributed by atoms with Crippen LogP contribution < -0.4 is 62.9 Å². The number of carboxylic acids is 1. The van der Waals surface area contributed by atoms with E-state index in [0.717, 1.165) is 77.4 Å². The predicted octanol–water partition coefficient (Wildman–Crippen LogP) is 5.27. The molecule has 604 valence electrons. The maximum Gasteiger partial charge on any atom is 0.330 e. The molecule has 18 atom stereocenters. The van der Waals surface area contributed by atoms with E-state index in [0.29, 0.717) is 11.4 Å². The zero-order valence-corrected chi connectivity index (χ0v) is 63.8. The Morgan fingerprint density at radius 1 is 0.649 bits per heavy atom. The molecule has 0 saturated carbocycles. The van der Waals surface area contributed by atoms with Gasteiger partial charge in [0.15, 0.2) is 29.9 Å². The molecule has 0 aromatic heterocycles. The number of carbonyl (C=O) groups is 8. The monoisotopic (exact) mass is 1630 g/mol. The van der Waals surface area contributed by atoms with Gasteiger partial charge >= 0.3 is 5.97 Å². The summed E-state index contributed by atoms with van der Waals surface area (Å²) in [6, 6.07) is 15.7. The lowest BCUT2D eigenvalue weighted by molar-refractivity contribution is -0.331. The largest absolute Gasteiger partial charge is 0.508 e. The van der Waals surface area contributed by atoms with Crippen molar-refractivity contribution in [2.24, 2.45) is 23.3 Å². The minimum Gasteiger partial charge on any atom is -0.508 e. The number of rotatable bonds is 16. The molecule has 2 fully saturated rings. The topological polar surface area (TPSA) is 510 Å². The first-order valence-corrected chi connectivity index (χ1v) is 37.4. The normalized spacial score (nSPS) is 27.4. The molecule has 2 saturated heterocycles. The van der Waals surface area contributed by atoms with E-state index in [1.54, 1.807) is 32.9 Å². The Bertz CT molecular complexity index is 4870. The van der Waals surface area contributed by atoms with Gasteiger partial charge in [-0.05, 0) is 132 Å². The predicted molar refractivity (Wildman–Crippen MR) is 407 cm³/mol. The molecule has 11 bridgehead atoms. The first kappa shape index (κ1) is 83.0. The summed E-state index contributed by atoms with van der Waals surface area (Å²) in [6.07, 6.45) is -17.8. The molecule has 114 heavy (non-hydrogen) atoms. The highest BCUT2D eigenvalue weighted by Gasteiger charge is 2.52. The number of hydrogen-bond acceptors (Lipinski definition) is 24. The number of amides is 7. The number of halogens is 3. The zero-order chi connectivity index (χ0) is 82.2. The van der Waals surface area contributed by atoms with Crippen molar-refractivity contribution in [1.29, 1.82) is 0 Å². The maximum atomic E-state index is 16.2. The summed E-state index contributed by atoms with van der Waals surface area (Å²) in [7, 11) is 0. The molecule has 7 aromatic rings. The van der Waals surface area contributed by atoms with Crippen LogP contribution in [0.5, 0.6) is 46.0 Å². The summed E-state index contributed by atoms with van der Waals surface area (Å²) in [5, 5.41) is 124. The van der Waals surface area contributed by atoms with Crippen LogP contribution in [0.25, 0.3) is 22.3 Å². The fourth-order valence-electron chi connectivity index (χ4n) is 14.5. The molecule has 0 radical (unpaired) electrons. The molecule has 7 amide bonds. The van der Waals surface area contributed by atoms with Crippen LogP contribution >= 0.6 is 34.8 Å². The number of nitrogens with two attached hydrogens (primary N) is 2. The quantitative estimate of drug-likeness (QED) is 0.0585. The van der Waals surface area contributed by atoms with E-state index < -0.39 is 231 Å². The molecule has 7 aliphatic heterocycles. The van der Waals surface area contributed by atoms with E-state index in [2.05, 4.69) is 37.2 Å². The Balaban J connectivity index is 1.04. The second-order valence-electron chi connectivity index (χ2n) is 29.3. The highest BCUT2D eigenvalue weighted by molar-refractivity contribution is 6.32. The fraction of sp³-hybridized carbons (Fsp3) is 0.367. The van der Waals surface area contributed by atoms with Gasteiger partial charge in [0.1, 0.15) is 89.5 Å². The number of aliphatic hydroxyl groups is 5.